The highest BCUT2D eigenvalue weighted by atomic mass is 16.1. The van der Waals surface area contributed by atoms with E-state index in [4.69, 9.17) is 0 Å². The zero-order valence-corrected chi connectivity index (χ0v) is 9.33. The van der Waals surface area contributed by atoms with Crippen molar-refractivity contribution in [3.8, 4) is 0 Å². The first kappa shape index (κ1) is 11.7. The quantitative estimate of drug-likeness (QED) is 0.388. The van der Waals surface area contributed by atoms with Crippen LogP contribution in [0.15, 0.2) is 36.9 Å². The Morgan fingerprint density at radius 1 is 1.27 bits per heavy atom. The zero-order chi connectivity index (χ0) is 11.1. The number of hydrogen-bond acceptors (Lipinski definition) is 1. The molecule has 1 nitrogen and oxygen atoms in total. The Bertz CT molecular complexity index is 322. The average molecular weight is 202 g/mol. The highest BCUT2D eigenvalue weighted by Gasteiger charge is 2.03. The van der Waals surface area contributed by atoms with Crippen molar-refractivity contribution in [2.75, 3.05) is 0 Å². The summed E-state index contributed by atoms with van der Waals surface area (Å²) in [5, 5.41) is 0. The van der Waals surface area contributed by atoms with Gasteiger partial charge in [0.1, 0.15) is 0 Å². The van der Waals surface area contributed by atoms with E-state index in [1.165, 1.54) is 5.56 Å². The maximum atomic E-state index is 11.7. The number of carbonyl (C=O) groups is 1. The number of allylic oxidation sites excluding steroid dienone is 1. The largest absolute Gasteiger partial charge is 0.294 e. The third-order valence-electron chi connectivity index (χ3n) is 2.44. The maximum absolute atomic E-state index is 11.7. The molecule has 80 valence electrons. The summed E-state index contributed by atoms with van der Waals surface area (Å²) < 4.78 is 0. The van der Waals surface area contributed by atoms with Crippen molar-refractivity contribution in [1.82, 2.24) is 0 Å². The van der Waals surface area contributed by atoms with Gasteiger partial charge < -0.3 is 0 Å². The van der Waals surface area contributed by atoms with Gasteiger partial charge in [-0.25, -0.2) is 0 Å². The second-order valence-corrected chi connectivity index (χ2v) is 3.82. The van der Waals surface area contributed by atoms with E-state index in [0.717, 1.165) is 24.8 Å². The summed E-state index contributed by atoms with van der Waals surface area (Å²) in [5.74, 6) is 0.249. The van der Waals surface area contributed by atoms with Gasteiger partial charge in [-0.3, -0.25) is 4.79 Å². The lowest BCUT2D eigenvalue weighted by molar-refractivity contribution is 0.0979. The smallest absolute Gasteiger partial charge is 0.162 e. The number of carbonyl (C=O) groups excluding carboxylic acids is 1. The van der Waals surface area contributed by atoms with E-state index >= 15 is 0 Å². The molecule has 0 radical (unpaired) electrons. The van der Waals surface area contributed by atoms with Crippen molar-refractivity contribution in [3.63, 3.8) is 0 Å². The van der Waals surface area contributed by atoms with Crippen molar-refractivity contribution < 1.29 is 4.79 Å². The van der Waals surface area contributed by atoms with E-state index in [0.29, 0.717) is 6.42 Å². The Morgan fingerprint density at radius 2 is 1.93 bits per heavy atom. The van der Waals surface area contributed by atoms with Gasteiger partial charge in [0, 0.05) is 12.0 Å². The molecular formula is C14H18O. The molecule has 1 aromatic rings. The van der Waals surface area contributed by atoms with Gasteiger partial charge in [0.25, 0.3) is 0 Å². The highest BCUT2D eigenvalue weighted by Crippen LogP contribution is 2.09. The molecule has 1 heteroatoms. The summed E-state index contributed by atoms with van der Waals surface area (Å²) in [6.07, 6.45) is 5.56. The molecule has 1 rings (SSSR count). The van der Waals surface area contributed by atoms with Gasteiger partial charge in [0.05, 0.1) is 0 Å². The topological polar surface area (TPSA) is 17.1 Å². The number of rotatable bonds is 6. The lowest BCUT2D eigenvalue weighted by Crippen LogP contribution is -1.98. The van der Waals surface area contributed by atoms with Crippen molar-refractivity contribution >= 4 is 5.78 Å². The first-order valence-corrected chi connectivity index (χ1v) is 5.45. The monoisotopic (exact) mass is 202 g/mol. The van der Waals surface area contributed by atoms with E-state index in [-0.39, 0.29) is 5.78 Å². The molecule has 15 heavy (non-hydrogen) atoms. The van der Waals surface area contributed by atoms with Crippen LogP contribution in [0, 0.1) is 6.92 Å². The van der Waals surface area contributed by atoms with Crippen LogP contribution in [0.5, 0.6) is 0 Å². The summed E-state index contributed by atoms with van der Waals surface area (Å²) in [7, 11) is 0. The zero-order valence-electron chi connectivity index (χ0n) is 9.33. The molecule has 0 aliphatic rings. The summed E-state index contributed by atoms with van der Waals surface area (Å²) in [5.41, 5.74) is 2.03. The van der Waals surface area contributed by atoms with Crippen LogP contribution in [0.25, 0.3) is 0 Å². The highest BCUT2D eigenvalue weighted by molar-refractivity contribution is 5.96. The van der Waals surface area contributed by atoms with Crippen LogP contribution >= 0.6 is 0 Å². The number of Topliss-reactive ketones (excluding diaryl/α,β-unsaturated/α-hetero) is 1. The van der Waals surface area contributed by atoms with Crippen LogP contribution in [0.3, 0.4) is 0 Å². The molecule has 0 bridgehead atoms. The second-order valence-electron chi connectivity index (χ2n) is 3.82. The Balaban J connectivity index is 2.40. The molecule has 0 aromatic heterocycles. The molecule has 0 fully saturated rings. The predicted octanol–water partition coefficient (Wildman–Crippen LogP) is 3.92. The number of benzene rings is 1. The van der Waals surface area contributed by atoms with Crippen molar-refractivity contribution in [3.05, 3.63) is 48.0 Å². The number of aryl methyl sites for hydroxylation is 1. The summed E-state index contributed by atoms with van der Waals surface area (Å²) >= 11 is 0. The predicted molar refractivity (Wildman–Crippen MR) is 64.2 cm³/mol. The minimum absolute atomic E-state index is 0.249. The molecule has 0 aliphatic heterocycles. The summed E-state index contributed by atoms with van der Waals surface area (Å²) in [6.45, 7) is 5.69. The van der Waals surface area contributed by atoms with Gasteiger partial charge in [-0.05, 0) is 26.2 Å². The van der Waals surface area contributed by atoms with E-state index in [2.05, 4.69) is 6.58 Å². The van der Waals surface area contributed by atoms with E-state index < -0.39 is 0 Å². The molecule has 0 aliphatic carbocycles. The molecule has 0 saturated heterocycles. The lowest BCUT2D eigenvalue weighted by Gasteiger charge is -2.00. The van der Waals surface area contributed by atoms with Crippen molar-refractivity contribution in [2.45, 2.75) is 32.6 Å². The second kappa shape index (κ2) is 6.18. The molecule has 0 heterocycles. The molecule has 0 atom stereocenters. The number of unbranched alkanes of at least 4 members (excludes halogenated alkanes) is 2. The van der Waals surface area contributed by atoms with Gasteiger partial charge in [-0.15, -0.1) is 6.58 Å². The van der Waals surface area contributed by atoms with Crippen molar-refractivity contribution in [2.24, 2.45) is 0 Å². The van der Waals surface area contributed by atoms with Crippen molar-refractivity contribution in [1.29, 1.82) is 0 Å². The fourth-order valence-corrected chi connectivity index (χ4v) is 1.46. The van der Waals surface area contributed by atoms with Crippen LogP contribution in [-0.4, -0.2) is 5.78 Å². The van der Waals surface area contributed by atoms with Crippen LogP contribution in [-0.2, 0) is 0 Å². The van der Waals surface area contributed by atoms with E-state index in [1.54, 1.807) is 0 Å². The van der Waals surface area contributed by atoms with E-state index in [1.807, 2.05) is 37.3 Å². The standard InChI is InChI=1S/C14H18O/c1-3-4-5-6-7-14(15)13-10-8-12(2)9-11-13/h3,8-11H,1,4-7H2,2H3. The van der Waals surface area contributed by atoms with Gasteiger partial charge in [-0.1, -0.05) is 35.9 Å². The van der Waals surface area contributed by atoms with E-state index in [9.17, 15) is 4.79 Å². The van der Waals surface area contributed by atoms with Gasteiger partial charge >= 0.3 is 0 Å². The average Bonchev–Trinajstić information content (AvgIpc) is 2.25. The van der Waals surface area contributed by atoms with Crippen LogP contribution < -0.4 is 0 Å². The Labute approximate surface area is 91.8 Å². The molecule has 0 saturated carbocycles. The van der Waals surface area contributed by atoms with Gasteiger partial charge in [-0.2, -0.15) is 0 Å². The molecule has 0 unspecified atom stereocenters. The third kappa shape index (κ3) is 4.11. The summed E-state index contributed by atoms with van der Waals surface area (Å²) in [4.78, 5) is 11.7. The molecule has 0 amide bonds. The minimum Gasteiger partial charge on any atom is -0.294 e. The molecule has 1 aromatic carbocycles. The van der Waals surface area contributed by atoms with Crippen LogP contribution in [0.2, 0.25) is 0 Å². The number of hydrogen-bond donors (Lipinski definition) is 0. The third-order valence-corrected chi connectivity index (χ3v) is 2.44. The fourth-order valence-electron chi connectivity index (χ4n) is 1.46. The fraction of sp³-hybridized carbons (Fsp3) is 0.357. The molecule has 0 spiro atoms. The normalized spacial score (nSPS) is 9.93. The Kier molecular flexibility index (Phi) is 4.82. The van der Waals surface area contributed by atoms with Crippen LogP contribution in [0.1, 0.15) is 41.6 Å². The lowest BCUT2D eigenvalue weighted by atomic mass is 10.0. The van der Waals surface area contributed by atoms with Gasteiger partial charge in [0.15, 0.2) is 5.78 Å². The molecular weight excluding hydrogens is 184 g/mol. The first-order valence-electron chi connectivity index (χ1n) is 5.45. The Hall–Kier alpha value is -1.37. The Morgan fingerprint density at radius 3 is 2.53 bits per heavy atom. The van der Waals surface area contributed by atoms with Gasteiger partial charge in [0.2, 0.25) is 0 Å². The maximum Gasteiger partial charge on any atom is 0.162 e. The summed E-state index contributed by atoms with van der Waals surface area (Å²) in [6, 6.07) is 7.78. The minimum atomic E-state index is 0.249. The first-order chi connectivity index (χ1) is 7.24. The number of ketones is 1. The van der Waals surface area contributed by atoms with Crippen LogP contribution in [0.4, 0.5) is 0 Å². The SMILES string of the molecule is C=CCCCCC(=O)c1ccc(C)cc1. The molecule has 0 N–H and O–H groups in total.